The van der Waals surface area contributed by atoms with E-state index in [-0.39, 0.29) is 21.7 Å². The van der Waals surface area contributed by atoms with Gasteiger partial charge < -0.3 is 9.52 Å². The van der Waals surface area contributed by atoms with Crippen LogP contribution in [0, 0.1) is 10.1 Å². The van der Waals surface area contributed by atoms with Gasteiger partial charge in [-0.25, -0.2) is 4.79 Å². The third-order valence-corrected chi connectivity index (χ3v) is 2.39. The normalized spacial score (nSPS) is 10.6. The second kappa shape index (κ2) is 3.49. The monoisotopic (exact) mass is 241 g/mol. The van der Waals surface area contributed by atoms with Gasteiger partial charge in [0.15, 0.2) is 0 Å². The van der Waals surface area contributed by atoms with E-state index in [1.54, 1.807) is 0 Å². The number of rotatable bonds is 2. The van der Waals surface area contributed by atoms with Crippen LogP contribution in [0.15, 0.2) is 22.6 Å². The quantitative estimate of drug-likeness (QED) is 0.644. The van der Waals surface area contributed by atoms with Crippen LogP contribution in [0.25, 0.3) is 11.0 Å². The van der Waals surface area contributed by atoms with Gasteiger partial charge in [0.2, 0.25) is 5.76 Å². The Morgan fingerprint density at radius 3 is 2.75 bits per heavy atom. The molecule has 0 fully saturated rings. The fourth-order valence-electron chi connectivity index (χ4n) is 1.31. The van der Waals surface area contributed by atoms with Crippen LogP contribution in [0.3, 0.4) is 0 Å². The molecule has 1 heterocycles. The van der Waals surface area contributed by atoms with Crippen molar-refractivity contribution in [1.82, 2.24) is 0 Å². The van der Waals surface area contributed by atoms with Crippen LogP contribution in [0.5, 0.6) is 0 Å². The molecule has 0 aliphatic rings. The maximum atomic E-state index is 10.7. The Balaban J connectivity index is 2.73. The first-order valence-corrected chi connectivity index (χ1v) is 4.48. The van der Waals surface area contributed by atoms with Crippen molar-refractivity contribution in [3.05, 3.63) is 39.1 Å². The van der Waals surface area contributed by atoms with Crippen molar-refractivity contribution in [2.45, 2.75) is 0 Å². The number of aromatic carboxylic acids is 1. The largest absolute Gasteiger partial charge is 0.475 e. The number of carboxylic acid groups (broad SMARTS) is 1. The van der Waals surface area contributed by atoms with E-state index in [0.29, 0.717) is 0 Å². The van der Waals surface area contributed by atoms with Crippen LogP contribution in [-0.4, -0.2) is 16.0 Å². The van der Waals surface area contributed by atoms with Gasteiger partial charge >= 0.3 is 5.97 Å². The number of fused-ring (bicyclic) bond motifs is 1. The van der Waals surface area contributed by atoms with Crippen LogP contribution < -0.4 is 0 Å². The van der Waals surface area contributed by atoms with Gasteiger partial charge in [-0.1, -0.05) is 11.6 Å². The minimum absolute atomic E-state index is 0.133. The number of carbonyl (C=O) groups is 1. The smallest absolute Gasteiger partial charge is 0.373 e. The number of nitrogens with zero attached hydrogens (tertiary/aromatic N) is 1. The maximum Gasteiger partial charge on any atom is 0.373 e. The molecule has 0 aliphatic carbocycles. The molecule has 0 amide bonds. The number of hydrogen-bond acceptors (Lipinski definition) is 4. The molecule has 0 unspecified atom stereocenters. The first-order valence-electron chi connectivity index (χ1n) is 4.10. The summed E-state index contributed by atoms with van der Waals surface area (Å²) in [7, 11) is 0. The number of furan rings is 1. The molecule has 0 spiro atoms. The van der Waals surface area contributed by atoms with Crippen LogP contribution in [-0.2, 0) is 0 Å². The van der Waals surface area contributed by atoms with E-state index in [9.17, 15) is 14.9 Å². The molecule has 1 aromatic heterocycles. The minimum atomic E-state index is -1.32. The average molecular weight is 242 g/mol. The zero-order valence-electron chi connectivity index (χ0n) is 7.64. The number of carboxylic acids is 1. The highest BCUT2D eigenvalue weighted by molar-refractivity contribution is 6.38. The van der Waals surface area contributed by atoms with E-state index in [4.69, 9.17) is 21.1 Å². The lowest BCUT2D eigenvalue weighted by Gasteiger charge is -1.90. The van der Waals surface area contributed by atoms with E-state index >= 15 is 0 Å². The molecular formula is C9H4ClNO5. The third kappa shape index (κ3) is 1.49. The number of benzene rings is 1. The maximum absolute atomic E-state index is 10.7. The lowest BCUT2D eigenvalue weighted by molar-refractivity contribution is -0.384. The average Bonchev–Trinajstić information content (AvgIpc) is 2.56. The molecule has 16 heavy (non-hydrogen) atoms. The third-order valence-electron chi connectivity index (χ3n) is 2.02. The van der Waals surface area contributed by atoms with Crippen molar-refractivity contribution in [3.63, 3.8) is 0 Å². The summed E-state index contributed by atoms with van der Waals surface area (Å²) in [6, 6.07) is 3.70. The molecule has 2 rings (SSSR count). The first-order chi connectivity index (χ1) is 7.50. The number of non-ortho nitro benzene ring substituents is 1. The standard InChI is InChI=1S/C9H4ClNO5/c10-7-5-3-4(11(14)15)1-2-6(5)16-8(7)9(12)13/h1-3H,(H,12,13). The van der Waals surface area contributed by atoms with Crippen LogP contribution in [0.4, 0.5) is 5.69 Å². The first kappa shape index (κ1) is 10.4. The molecule has 1 aromatic carbocycles. The van der Waals surface area contributed by atoms with Gasteiger partial charge in [0.05, 0.1) is 4.92 Å². The lowest BCUT2D eigenvalue weighted by Crippen LogP contribution is -1.93. The Hall–Kier alpha value is -2.08. The van der Waals surface area contributed by atoms with E-state index in [2.05, 4.69) is 0 Å². The molecule has 6 nitrogen and oxygen atoms in total. The summed E-state index contributed by atoms with van der Waals surface area (Å²) in [6.07, 6.45) is 0. The van der Waals surface area contributed by atoms with Gasteiger partial charge in [-0.2, -0.15) is 0 Å². The van der Waals surface area contributed by atoms with Gasteiger partial charge in [-0.05, 0) is 6.07 Å². The lowest BCUT2D eigenvalue weighted by atomic mass is 10.2. The Bertz CT molecular complexity index is 603. The molecule has 0 saturated carbocycles. The van der Waals surface area contributed by atoms with Crippen LogP contribution >= 0.6 is 11.6 Å². The highest BCUT2D eigenvalue weighted by Crippen LogP contribution is 2.32. The second-order valence-corrected chi connectivity index (χ2v) is 3.37. The van der Waals surface area contributed by atoms with Crippen molar-refractivity contribution in [2.75, 3.05) is 0 Å². The fraction of sp³-hybridized carbons (Fsp3) is 0. The summed E-state index contributed by atoms with van der Waals surface area (Å²) in [4.78, 5) is 20.6. The Labute approximate surface area is 93.2 Å². The molecule has 82 valence electrons. The summed E-state index contributed by atoms with van der Waals surface area (Å²) in [5.74, 6) is -1.74. The number of hydrogen-bond donors (Lipinski definition) is 1. The van der Waals surface area contributed by atoms with Crippen molar-refractivity contribution >= 4 is 34.2 Å². The SMILES string of the molecule is O=C(O)c1oc2ccc([N+](=O)[O-])cc2c1Cl. The van der Waals surface area contributed by atoms with Crippen molar-refractivity contribution < 1.29 is 19.2 Å². The van der Waals surface area contributed by atoms with Crippen molar-refractivity contribution in [1.29, 1.82) is 0 Å². The van der Waals surface area contributed by atoms with Gasteiger partial charge in [-0.15, -0.1) is 0 Å². The van der Waals surface area contributed by atoms with E-state index in [0.717, 1.165) is 0 Å². The summed E-state index contributed by atoms with van der Waals surface area (Å²) < 4.78 is 4.94. The van der Waals surface area contributed by atoms with Gasteiger partial charge in [-0.3, -0.25) is 10.1 Å². The Kier molecular flexibility index (Phi) is 2.28. The minimum Gasteiger partial charge on any atom is -0.475 e. The van der Waals surface area contributed by atoms with Crippen molar-refractivity contribution in [2.24, 2.45) is 0 Å². The number of nitro groups is 1. The summed E-state index contributed by atoms with van der Waals surface area (Å²) in [5.41, 5.74) is 0.0279. The van der Waals surface area contributed by atoms with Gasteiger partial charge in [0.1, 0.15) is 10.6 Å². The molecule has 0 aliphatic heterocycles. The number of halogens is 1. The van der Waals surface area contributed by atoms with E-state index in [1.165, 1.54) is 18.2 Å². The van der Waals surface area contributed by atoms with Gasteiger partial charge in [0.25, 0.3) is 5.69 Å². The molecule has 7 heteroatoms. The summed E-state index contributed by atoms with van der Waals surface area (Å²) in [6.45, 7) is 0. The molecular weight excluding hydrogens is 238 g/mol. The Morgan fingerprint density at radius 1 is 1.50 bits per heavy atom. The molecule has 2 aromatic rings. The Morgan fingerprint density at radius 2 is 2.19 bits per heavy atom. The summed E-state index contributed by atoms with van der Waals surface area (Å²) in [5, 5.41) is 19.3. The highest BCUT2D eigenvalue weighted by atomic mass is 35.5. The highest BCUT2D eigenvalue weighted by Gasteiger charge is 2.20. The van der Waals surface area contributed by atoms with Gasteiger partial charge in [0, 0.05) is 17.5 Å². The zero-order valence-corrected chi connectivity index (χ0v) is 8.39. The fourth-order valence-corrected chi connectivity index (χ4v) is 1.57. The zero-order chi connectivity index (χ0) is 11.9. The van der Waals surface area contributed by atoms with Crippen LogP contribution in [0.1, 0.15) is 10.6 Å². The number of nitro benzene ring substituents is 1. The topological polar surface area (TPSA) is 93.6 Å². The predicted molar refractivity (Wildman–Crippen MR) is 54.8 cm³/mol. The van der Waals surface area contributed by atoms with E-state index in [1.807, 2.05) is 0 Å². The summed E-state index contributed by atoms with van der Waals surface area (Å²) >= 11 is 5.73. The molecule has 0 atom stereocenters. The molecule has 1 N–H and O–H groups in total. The van der Waals surface area contributed by atoms with Crippen LogP contribution in [0.2, 0.25) is 5.02 Å². The van der Waals surface area contributed by atoms with Crippen molar-refractivity contribution in [3.8, 4) is 0 Å². The molecule has 0 saturated heterocycles. The second-order valence-electron chi connectivity index (χ2n) is 2.99. The predicted octanol–water partition coefficient (Wildman–Crippen LogP) is 2.69. The van der Waals surface area contributed by atoms with E-state index < -0.39 is 16.7 Å². The molecule has 0 bridgehead atoms. The molecule has 0 radical (unpaired) electrons.